The molecule has 2 aliphatic rings. The van der Waals surface area contributed by atoms with Crippen LogP contribution in [0.25, 0.3) is 0 Å². The van der Waals surface area contributed by atoms with Gasteiger partial charge in [0, 0.05) is 32.2 Å². The van der Waals surface area contributed by atoms with Crippen molar-refractivity contribution in [3.63, 3.8) is 0 Å². The van der Waals surface area contributed by atoms with E-state index in [9.17, 15) is 0 Å². The highest BCUT2D eigenvalue weighted by Gasteiger charge is 2.52. The Morgan fingerprint density at radius 3 is 2.49 bits per heavy atom. The zero-order valence-corrected chi connectivity index (χ0v) is 21.5. The second-order valence-electron chi connectivity index (χ2n) is 8.55. The van der Waals surface area contributed by atoms with Crippen LogP contribution in [0.1, 0.15) is 28.4 Å². The first kappa shape index (κ1) is 22.3. The van der Waals surface area contributed by atoms with Crippen LogP contribution in [0.4, 0.5) is 5.69 Å². The zero-order valence-electron chi connectivity index (χ0n) is 19.1. The Hall–Kier alpha value is -3.22. The minimum atomic E-state index is -0.789. The van der Waals surface area contributed by atoms with Gasteiger partial charge in [-0.25, -0.2) is 0 Å². The lowest BCUT2D eigenvalue weighted by Gasteiger charge is -2.37. The van der Waals surface area contributed by atoms with Gasteiger partial charge in [-0.05, 0) is 42.0 Å². The number of hydrogen-bond acceptors (Lipinski definition) is 5. The molecule has 0 bridgehead atoms. The van der Waals surface area contributed by atoms with Crippen molar-refractivity contribution in [1.29, 1.82) is 0 Å². The van der Waals surface area contributed by atoms with Gasteiger partial charge in [-0.3, -0.25) is 4.90 Å². The molecule has 0 fully saturated rings. The second-order valence-corrected chi connectivity index (χ2v) is 10.7. The fourth-order valence-corrected chi connectivity index (χ4v) is 6.55. The summed E-state index contributed by atoms with van der Waals surface area (Å²) in [5.74, 6) is 1.66. The molecule has 6 rings (SSSR count). The van der Waals surface area contributed by atoms with Gasteiger partial charge in [0.1, 0.15) is 5.75 Å². The van der Waals surface area contributed by atoms with E-state index < -0.39 is 5.72 Å². The van der Waals surface area contributed by atoms with Gasteiger partial charge in [0.25, 0.3) is 0 Å². The third-order valence-electron chi connectivity index (χ3n) is 6.49. The number of anilines is 1. The van der Waals surface area contributed by atoms with Crippen molar-refractivity contribution in [2.24, 2.45) is 5.16 Å². The van der Waals surface area contributed by atoms with E-state index in [4.69, 9.17) is 14.7 Å². The number of thioether (sulfide) groups is 1. The Morgan fingerprint density at radius 2 is 1.71 bits per heavy atom. The number of fused-ring (bicyclic) bond motifs is 3. The summed E-state index contributed by atoms with van der Waals surface area (Å²) in [6, 6.07) is 35.5. The lowest BCUT2D eigenvalue weighted by Crippen LogP contribution is -2.47. The molecule has 0 aliphatic carbocycles. The van der Waals surface area contributed by atoms with E-state index in [-0.39, 0.29) is 5.25 Å². The number of amidine groups is 1. The number of para-hydroxylation sites is 1. The van der Waals surface area contributed by atoms with Crippen molar-refractivity contribution in [3.05, 3.63) is 124 Å². The summed E-state index contributed by atoms with van der Waals surface area (Å²) in [6.07, 6.45) is 0.712. The highest BCUT2D eigenvalue weighted by atomic mass is 79.9. The largest absolute Gasteiger partial charge is 0.497 e. The van der Waals surface area contributed by atoms with Gasteiger partial charge in [-0.2, -0.15) is 0 Å². The van der Waals surface area contributed by atoms with Gasteiger partial charge in [0.2, 0.25) is 5.72 Å². The Morgan fingerprint density at radius 1 is 0.943 bits per heavy atom. The van der Waals surface area contributed by atoms with E-state index in [2.05, 4.69) is 93.6 Å². The molecule has 4 nitrogen and oxygen atoms in total. The molecule has 174 valence electrons. The third kappa shape index (κ3) is 3.91. The smallest absolute Gasteiger partial charge is 0.242 e. The minimum absolute atomic E-state index is 0.143. The van der Waals surface area contributed by atoms with Crippen molar-refractivity contribution in [2.45, 2.75) is 22.3 Å². The molecule has 2 atom stereocenters. The van der Waals surface area contributed by atoms with Crippen molar-refractivity contribution < 1.29 is 9.57 Å². The van der Waals surface area contributed by atoms with Crippen LogP contribution in [-0.2, 0) is 10.6 Å². The lowest BCUT2D eigenvalue weighted by atomic mass is 9.92. The van der Waals surface area contributed by atoms with E-state index in [0.29, 0.717) is 6.42 Å². The number of halogens is 1. The third-order valence-corrected chi connectivity index (χ3v) is 8.30. The number of benzene rings is 4. The van der Waals surface area contributed by atoms with E-state index >= 15 is 0 Å². The average molecular weight is 543 g/mol. The van der Waals surface area contributed by atoms with Crippen molar-refractivity contribution in [3.8, 4) is 5.75 Å². The number of methoxy groups -OCH3 is 1. The molecule has 0 saturated heterocycles. The first-order valence-corrected chi connectivity index (χ1v) is 13.1. The number of ether oxygens (including phenoxy) is 1. The molecule has 4 aromatic carbocycles. The SMILES string of the molecule is COc1ccc([C@@H]2C[C@]3(c4ccccc4)ON=C(c4cccc(Br)c4)N3c3ccccc3S2)cc1. The summed E-state index contributed by atoms with van der Waals surface area (Å²) >= 11 is 5.49. The summed E-state index contributed by atoms with van der Waals surface area (Å²) < 4.78 is 6.41. The Bertz CT molecular complexity index is 1390. The predicted molar refractivity (Wildman–Crippen MR) is 145 cm³/mol. The summed E-state index contributed by atoms with van der Waals surface area (Å²) in [5.41, 5.74) is 3.60. The monoisotopic (exact) mass is 542 g/mol. The van der Waals surface area contributed by atoms with Crippen LogP contribution in [0.5, 0.6) is 5.75 Å². The minimum Gasteiger partial charge on any atom is -0.497 e. The molecule has 0 aromatic heterocycles. The van der Waals surface area contributed by atoms with Gasteiger partial charge in [0.05, 0.1) is 12.8 Å². The van der Waals surface area contributed by atoms with Crippen LogP contribution in [0.3, 0.4) is 0 Å². The molecule has 4 aromatic rings. The normalized spacial score (nSPS) is 20.8. The molecule has 0 radical (unpaired) electrons. The Kier molecular flexibility index (Phi) is 5.78. The van der Waals surface area contributed by atoms with Gasteiger partial charge >= 0.3 is 0 Å². The van der Waals surface area contributed by atoms with E-state index in [1.807, 2.05) is 42.1 Å². The topological polar surface area (TPSA) is 34.1 Å². The number of nitrogens with zero attached hydrogens (tertiary/aromatic N) is 2. The highest BCUT2D eigenvalue weighted by molar-refractivity contribution is 9.10. The Labute approximate surface area is 217 Å². The van der Waals surface area contributed by atoms with Crippen LogP contribution in [0.2, 0.25) is 0 Å². The summed E-state index contributed by atoms with van der Waals surface area (Å²) in [4.78, 5) is 10.0. The quantitative estimate of drug-likeness (QED) is 0.264. The van der Waals surface area contributed by atoms with Crippen molar-refractivity contribution >= 4 is 39.2 Å². The fourth-order valence-electron chi connectivity index (χ4n) is 4.81. The highest BCUT2D eigenvalue weighted by Crippen LogP contribution is 2.56. The van der Waals surface area contributed by atoms with Crippen LogP contribution >= 0.6 is 27.7 Å². The van der Waals surface area contributed by atoms with Gasteiger partial charge in [-0.15, -0.1) is 11.8 Å². The Balaban J connectivity index is 1.55. The van der Waals surface area contributed by atoms with Gasteiger partial charge < -0.3 is 9.57 Å². The first-order chi connectivity index (χ1) is 17.2. The van der Waals surface area contributed by atoms with Crippen LogP contribution in [-0.4, -0.2) is 12.9 Å². The zero-order chi connectivity index (χ0) is 23.8. The summed E-state index contributed by atoms with van der Waals surface area (Å²) in [7, 11) is 1.70. The van der Waals surface area contributed by atoms with E-state index in [1.165, 1.54) is 10.5 Å². The van der Waals surface area contributed by atoms with Crippen LogP contribution in [0, 0.1) is 0 Å². The maximum absolute atomic E-state index is 6.53. The molecule has 2 heterocycles. The van der Waals surface area contributed by atoms with Crippen LogP contribution in [0.15, 0.2) is 118 Å². The standard InChI is InChI=1S/C29H23BrN2O2S/c1-33-24-16-14-20(15-17-24)27-19-29(22-9-3-2-4-10-22)32(25-12-5-6-13-26(25)35-27)28(31-34-29)21-8-7-11-23(30)18-21/h2-18,27H,19H2,1H3/t27-,29+/m0/s1. The summed E-state index contributed by atoms with van der Waals surface area (Å²) in [5, 5.41) is 4.87. The molecule has 0 saturated carbocycles. The van der Waals surface area contributed by atoms with E-state index in [0.717, 1.165) is 32.9 Å². The van der Waals surface area contributed by atoms with Gasteiger partial charge in [0.15, 0.2) is 5.84 Å². The molecular formula is C29H23BrN2O2S. The molecule has 6 heteroatoms. The lowest BCUT2D eigenvalue weighted by molar-refractivity contribution is -0.0283. The molecule has 0 spiro atoms. The van der Waals surface area contributed by atoms with Crippen molar-refractivity contribution in [2.75, 3.05) is 12.0 Å². The number of oxime groups is 1. The molecule has 0 amide bonds. The molecule has 35 heavy (non-hydrogen) atoms. The molecule has 2 aliphatic heterocycles. The molecular weight excluding hydrogens is 520 g/mol. The number of hydrogen-bond donors (Lipinski definition) is 0. The average Bonchev–Trinajstić information content (AvgIpc) is 3.22. The van der Waals surface area contributed by atoms with Crippen LogP contribution < -0.4 is 9.64 Å². The number of rotatable bonds is 4. The summed E-state index contributed by atoms with van der Waals surface area (Å²) in [6.45, 7) is 0. The first-order valence-electron chi connectivity index (χ1n) is 11.5. The van der Waals surface area contributed by atoms with Crippen molar-refractivity contribution in [1.82, 2.24) is 0 Å². The fraction of sp³-hybridized carbons (Fsp3) is 0.138. The molecule has 0 unspecified atom stereocenters. The predicted octanol–water partition coefficient (Wildman–Crippen LogP) is 7.75. The maximum atomic E-state index is 6.53. The van der Waals surface area contributed by atoms with Gasteiger partial charge in [-0.1, -0.05) is 87.8 Å². The maximum Gasteiger partial charge on any atom is 0.242 e. The molecule has 0 N–H and O–H groups in total. The van der Waals surface area contributed by atoms with E-state index in [1.54, 1.807) is 7.11 Å². The second kappa shape index (κ2) is 9.10.